The van der Waals surface area contributed by atoms with Crippen molar-refractivity contribution in [2.45, 2.75) is 0 Å². The number of aldehydes is 1. The monoisotopic (exact) mass is 204 g/mol. The van der Waals surface area contributed by atoms with Gasteiger partial charge in [-0.1, -0.05) is 0 Å². The molecule has 1 aromatic heterocycles. The van der Waals surface area contributed by atoms with Crippen molar-refractivity contribution >= 4 is 22.9 Å². The fraction of sp³-hybridized carbons (Fsp3) is 0.182. The highest BCUT2D eigenvalue weighted by Crippen LogP contribution is 2.28. The van der Waals surface area contributed by atoms with E-state index in [2.05, 4.69) is 10.3 Å². The normalized spacial score (nSPS) is 10.3. The van der Waals surface area contributed by atoms with E-state index in [-0.39, 0.29) is 0 Å². The minimum absolute atomic E-state index is 0.565. The van der Waals surface area contributed by atoms with Crippen molar-refractivity contribution < 1.29 is 9.53 Å². The number of methoxy groups -OCH3 is 1. The van der Waals surface area contributed by atoms with Crippen LogP contribution in [0.15, 0.2) is 18.2 Å². The summed E-state index contributed by atoms with van der Waals surface area (Å²) in [7, 11) is 3.45. The average Bonchev–Trinajstić information content (AvgIpc) is 2.70. The standard InChI is InChI=1S/C11H12N2O2/c1-12-10-5-9(15-2)4-7-3-8(6-14)13-11(7)10/h3-6,12-13H,1-2H3. The zero-order valence-corrected chi connectivity index (χ0v) is 8.63. The summed E-state index contributed by atoms with van der Waals surface area (Å²) in [5.74, 6) is 0.767. The number of rotatable bonds is 3. The Kier molecular flexibility index (Phi) is 2.33. The van der Waals surface area contributed by atoms with Gasteiger partial charge < -0.3 is 15.0 Å². The highest BCUT2D eigenvalue weighted by molar-refractivity contribution is 5.96. The summed E-state index contributed by atoms with van der Waals surface area (Å²) < 4.78 is 5.17. The Morgan fingerprint density at radius 2 is 2.20 bits per heavy atom. The molecule has 0 aliphatic carbocycles. The van der Waals surface area contributed by atoms with Crippen molar-refractivity contribution in [3.8, 4) is 5.75 Å². The lowest BCUT2D eigenvalue weighted by molar-refractivity contribution is 0.112. The van der Waals surface area contributed by atoms with Gasteiger partial charge in [0.15, 0.2) is 6.29 Å². The van der Waals surface area contributed by atoms with E-state index in [1.807, 2.05) is 19.2 Å². The van der Waals surface area contributed by atoms with Crippen LogP contribution in [0.4, 0.5) is 5.69 Å². The molecule has 0 aliphatic rings. The fourth-order valence-electron chi connectivity index (χ4n) is 1.62. The largest absolute Gasteiger partial charge is 0.497 e. The number of anilines is 1. The average molecular weight is 204 g/mol. The van der Waals surface area contributed by atoms with Gasteiger partial charge in [-0.05, 0) is 12.1 Å². The van der Waals surface area contributed by atoms with Gasteiger partial charge in [0, 0.05) is 18.5 Å². The molecule has 2 rings (SSSR count). The van der Waals surface area contributed by atoms with Crippen molar-refractivity contribution in [2.75, 3.05) is 19.5 Å². The van der Waals surface area contributed by atoms with E-state index in [0.717, 1.165) is 28.6 Å². The number of ether oxygens (including phenoxy) is 1. The summed E-state index contributed by atoms with van der Waals surface area (Å²) in [5.41, 5.74) is 2.40. The Bertz CT molecular complexity index is 503. The van der Waals surface area contributed by atoms with Crippen LogP contribution in [0.3, 0.4) is 0 Å². The molecule has 0 amide bonds. The number of fused-ring (bicyclic) bond motifs is 1. The van der Waals surface area contributed by atoms with E-state index in [4.69, 9.17) is 4.74 Å². The predicted molar refractivity (Wildman–Crippen MR) is 59.8 cm³/mol. The smallest absolute Gasteiger partial charge is 0.166 e. The minimum Gasteiger partial charge on any atom is -0.497 e. The molecule has 1 heterocycles. The van der Waals surface area contributed by atoms with Crippen molar-refractivity contribution in [1.82, 2.24) is 4.98 Å². The maximum Gasteiger partial charge on any atom is 0.166 e. The second kappa shape index (κ2) is 3.65. The Labute approximate surface area is 87.2 Å². The van der Waals surface area contributed by atoms with Crippen LogP contribution in [0.2, 0.25) is 0 Å². The van der Waals surface area contributed by atoms with Crippen LogP contribution < -0.4 is 10.1 Å². The molecule has 78 valence electrons. The summed E-state index contributed by atoms with van der Waals surface area (Å²) in [6, 6.07) is 5.57. The fourth-order valence-corrected chi connectivity index (χ4v) is 1.62. The second-order valence-electron chi connectivity index (χ2n) is 3.23. The Balaban J connectivity index is 2.71. The molecular weight excluding hydrogens is 192 g/mol. The van der Waals surface area contributed by atoms with Crippen LogP contribution in [0.5, 0.6) is 5.75 Å². The molecule has 15 heavy (non-hydrogen) atoms. The maximum absolute atomic E-state index is 10.6. The third-order valence-electron chi connectivity index (χ3n) is 2.35. The first-order valence-electron chi connectivity index (χ1n) is 4.62. The molecule has 0 saturated heterocycles. The molecule has 0 radical (unpaired) electrons. The first-order valence-corrected chi connectivity index (χ1v) is 4.62. The summed E-state index contributed by atoms with van der Waals surface area (Å²) >= 11 is 0. The van der Waals surface area contributed by atoms with Gasteiger partial charge in [-0.25, -0.2) is 0 Å². The van der Waals surface area contributed by atoms with E-state index in [1.165, 1.54) is 0 Å². The number of carbonyl (C=O) groups is 1. The Morgan fingerprint density at radius 1 is 1.40 bits per heavy atom. The summed E-state index contributed by atoms with van der Waals surface area (Å²) in [4.78, 5) is 13.7. The molecule has 0 saturated carbocycles. The number of nitrogens with one attached hydrogen (secondary N) is 2. The molecule has 4 heteroatoms. The molecule has 2 aromatic rings. The van der Waals surface area contributed by atoms with Crippen LogP contribution in [0, 0.1) is 0 Å². The minimum atomic E-state index is 0.565. The Hall–Kier alpha value is -1.97. The van der Waals surface area contributed by atoms with Crippen molar-refractivity contribution in [3.63, 3.8) is 0 Å². The number of carbonyl (C=O) groups excluding carboxylic acids is 1. The van der Waals surface area contributed by atoms with E-state index in [9.17, 15) is 4.79 Å². The number of aromatic amines is 1. The van der Waals surface area contributed by atoms with Crippen molar-refractivity contribution in [2.24, 2.45) is 0 Å². The number of H-pyrrole nitrogens is 1. The van der Waals surface area contributed by atoms with Gasteiger partial charge in [-0.15, -0.1) is 0 Å². The van der Waals surface area contributed by atoms with Gasteiger partial charge in [0.05, 0.1) is 24.0 Å². The summed E-state index contributed by atoms with van der Waals surface area (Å²) in [5, 5.41) is 4.01. The second-order valence-corrected chi connectivity index (χ2v) is 3.23. The van der Waals surface area contributed by atoms with E-state index >= 15 is 0 Å². The quantitative estimate of drug-likeness (QED) is 0.752. The van der Waals surface area contributed by atoms with Gasteiger partial charge in [0.1, 0.15) is 5.75 Å². The molecule has 1 aromatic carbocycles. The van der Waals surface area contributed by atoms with Gasteiger partial charge >= 0.3 is 0 Å². The number of hydrogen-bond acceptors (Lipinski definition) is 3. The summed E-state index contributed by atoms with van der Waals surface area (Å²) in [6.45, 7) is 0. The van der Waals surface area contributed by atoms with E-state index < -0.39 is 0 Å². The SMILES string of the molecule is CNc1cc(OC)cc2cc(C=O)[nH]c12. The van der Waals surface area contributed by atoms with Gasteiger partial charge in [-0.2, -0.15) is 0 Å². The van der Waals surface area contributed by atoms with Gasteiger partial charge in [-0.3, -0.25) is 4.79 Å². The maximum atomic E-state index is 10.6. The molecule has 0 aliphatic heterocycles. The molecule has 0 unspecified atom stereocenters. The highest BCUT2D eigenvalue weighted by atomic mass is 16.5. The van der Waals surface area contributed by atoms with Gasteiger partial charge in [0.25, 0.3) is 0 Å². The molecule has 0 bridgehead atoms. The summed E-state index contributed by atoms with van der Waals surface area (Å²) in [6.07, 6.45) is 0.798. The Morgan fingerprint density at radius 3 is 2.80 bits per heavy atom. The van der Waals surface area contributed by atoms with Crippen LogP contribution in [0.25, 0.3) is 10.9 Å². The van der Waals surface area contributed by atoms with E-state index in [1.54, 1.807) is 13.2 Å². The first kappa shape index (κ1) is 9.58. The highest BCUT2D eigenvalue weighted by Gasteiger charge is 2.06. The topological polar surface area (TPSA) is 54.1 Å². The number of benzene rings is 1. The lowest BCUT2D eigenvalue weighted by Gasteiger charge is -2.05. The van der Waals surface area contributed by atoms with Crippen molar-refractivity contribution in [3.05, 3.63) is 23.9 Å². The molecule has 0 atom stereocenters. The van der Waals surface area contributed by atoms with Crippen molar-refractivity contribution in [1.29, 1.82) is 0 Å². The molecule has 2 N–H and O–H groups in total. The molecule has 0 fully saturated rings. The molecule has 4 nitrogen and oxygen atoms in total. The third kappa shape index (κ3) is 1.54. The third-order valence-corrected chi connectivity index (χ3v) is 2.35. The predicted octanol–water partition coefficient (Wildman–Crippen LogP) is 2.03. The number of aromatic nitrogens is 1. The first-order chi connectivity index (χ1) is 7.28. The van der Waals surface area contributed by atoms with Crippen LogP contribution in [0.1, 0.15) is 10.5 Å². The lowest BCUT2D eigenvalue weighted by atomic mass is 10.2. The number of hydrogen-bond donors (Lipinski definition) is 2. The molecule has 0 spiro atoms. The van der Waals surface area contributed by atoms with Crippen LogP contribution >= 0.6 is 0 Å². The zero-order valence-electron chi connectivity index (χ0n) is 8.63. The zero-order chi connectivity index (χ0) is 10.8. The molecular formula is C11H12N2O2. The van der Waals surface area contributed by atoms with E-state index in [0.29, 0.717) is 5.69 Å². The van der Waals surface area contributed by atoms with Gasteiger partial charge in [0.2, 0.25) is 0 Å². The lowest BCUT2D eigenvalue weighted by Crippen LogP contribution is -1.91. The van der Waals surface area contributed by atoms with Crippen LogP contribution in [-0.2, 0) is 0 Å². The van der Waals surface area contributed by atoms with Crippen LogP contribution in [-0.4, -0.2) is 25.4 Å².